The third-order valence-electron chi connectivity index (χ3n) is 3.06. The number of hydrogen-bond donors (Lipinski definition) is 1. The summed E-state index contributed by atoms with van der Waals surface area (Å²) in [4.78, 5) is 8.97. The molecule has 0 saturated carbocycles. The zero-order valence-electron chi connectivity index (χ0n) is 12.6. The molecule has 0 aliphatic carbocycles. The number of anilines is 1. The van der Waals surface area contributed by atoms with Crippen molar-refractivity contribution in [1.29, 1.82) is 0 Å². The summed E-state index contributed by atoms with van der Waals surface area (Å²) >= 11 is 0. The van der Waals surface area contributed by atoms with Gasteiger partial charge in [-0.2, -0.15) is 4.98 Å². The molecule has 5 heteroatoms. The molecule has 0 bridgehead atoms. The van der Waals surface area contributed by atoms with Crippen LogP contribution in [0.25, 0.3) is 22.4 Å². The van der Waals surface area contributed by atoms with Gasteiger partial charge in [-0.05, 0) is 45.4 Å². The molecule has 5 nitrogen and oxygen atoms in total. The molecule has 2 aromatic heterocycles. The number of pyridine rings is 1. The highest BCUT2D eigenvalue weighted by Crippen LogP contribution is 2.23. The first-order chi connectivity index (χ1) is 9.92. The highest BCUT2D eigenvalue weighted by atomic mass is 16.5. The summed E-state index contributed by atoms with van der Waals surface area (Å²) in [5.74, 6) is 0.496. The third kappa shape index (κ3) is 2.86. The van der Waals surface area contributed by atoms with Crippen molar-refractivity contribution >= 4 is 16.9 Å². The molecule has 0 atom stereocenters. The summed E-state index contributed by atoms with van der Waals surface area (Å²) in [5.41, 5.74) is 2.67. The Bertz CT molecular complexity index is 786. The molecule has 0 fully saturated rings. The van der Waals surface area contributed by atoms with E-state index in [0.29, 0.717) is 11.8 Å². The average molecular weight is 282 g/mol. The first kappa shape index (κ1) is 13.5. The van der Waals surface area contributed by atoms with Crippen LogP contribution in [0.5, 0.6) is 0 Å². The number of aryl methyl sites for hydroxylation is 1. The quantitative estimate of drug-likeness (QED) is 0.774. The Morgan fingerprint density at radius 1 is 1.10 bits per heavy atom. The van der Waals surface area contributed by atoms with Gasteiger partial charge in [0.25, 0.3) is 0 Å². The lowest BCUT2D eigenvalue weighted by atomic mass is 10.1. The van der Waals surface area contributed by atoms with Crippen LogP contribution in [0.1, 0.15) is 26.3 Å². The normalized spacial score (nSPS) is 11.8. The number of nitrogens with zero attached hydrogens (tertiary/aromatic N) is 3. The second-order valence-electron chi connectivity index (χ2n) is 6.14. The maximum absolute atomic E-state index is 5.23. The molecule has 3 rings (SSSR count). The number of nitrogens with one attached hydrogen (secondary N) is 1. The summed E-state index contributed by atoms with van der Waals surface area (Å²) in [6.07, 6.45) is 0. The molecule has 0 spiro atoms. The van der Waals surface area contributed by atoms with Gasteiger partial charge in [0.1, 0.15) is 5.69 Å². The molecule has 2 heterocycles. The zero-order valence-corrected chi connectivity index (χ0v) is 12.6. The lowest BCUT2D eigenvalue weighted by molar-refractivity contribution is 0.420. The predicted molar refractivity (Wildman–Crippen MR) is 83.1 cm³/mol. The zero-order chi connectivity index (χ0) is 15.0. The molecule has 108 valence electrons. The molecule has 1 aromatic carbocycles. The average Bonchev–Trinajstić information content (AvgIpc) is 2.85. The van der Waals surface area contributed by atoms with E-state index in [-0.39, 0.29) is 5.54 Å². The Hall–Kier alpha value is -2.43. The fraction of sp³-hybridized carbons (Fsp3) is 0.312. The Kier molecular flexibility index (Phi) is 3.12. The van der Waals surface area contributed by atoms with Crippen LogP contribution < -0.4 is 5.32 Å². The second-order valence-corrected chi connectivity index (χ2v) is 6.14. The molecule has 3 aromatic rings. The number of hydrogen-bond acceptors (Lipinski definition) is 5. The van der Waals surface area contributed by atoms with E-state index in [2.05, 4.69) is 33.4 Å². The van der Waals surface area contributed by atoms with E-state index >= 15 is 0 Å². The molecule has 0 unspecified atom stereocenters. The lowest BCUT2D eigenvalue weighted by Gasteiger charge is -2.17. The molecular weight excluding hydrogens is 264 g/mol. The predicted octanol–water partition coefficient (Wildman–Crippen LogP) is 3.80. The summed E-state index contributed by atoms with van der Waals surface area (Å²) < 4.78 is 5.23. The van der Waals surface area contributed by atoms with Crippen molar-refractivity contribution in [3.05, 3.63) is 35.9 Å². The van der Waals surface area contributed by atoms with Crippen LogP contribution in [-0.2, 0) is 0 Å². The molecule has 1 N–H and O–H groups in total. The Labute approximate surface area is 123 Å². The Balaban J connectivity index is 2.01. The second kappa shape index (κ2) is 4.84. The number of fused-ring (bicyclic) bond motifs is 1. The number of rotatable bonds is 2. The lowest BCUT2D eigenvalue weighted by Crippen LogP contribution is -2.26. The highest BCUT2D eigenvalue weighted by molar-refractivity contribution is 5.84. The topological polar surface area (TPSA) is 63.8 Å². The molecule has 0 saturated heterocycles. The Morgan fingerprint density at radius 3 is 2.62 bits per heavy atom. The van der Waals surface area contributed by atoms with Crippen molar-refractivity contribution in [2.75, 3.05) is 5.32 Å². The maximum atomic E-state index is 5.23. The molecule has 0 aliphatic rings. The smallest absolute Gasteiger partial charge is 0.322 e. The van der Waals surface area contributed by atoms with Crippen LogP contribution in [0.15, 0.2) is 34.9 Å². The van der Waals surface area contributed by atoms with Crippen molar-refractivity contribution in [2.24, 2.45) is 0 Å². The summed E-state index contributed by atoms with van der Waals surface area (Å²) in [6, 6.07) is 10.4. The SMILES string of the molecule is Cc1cc(-c2noc(NC(C)(C)C)n2)nc2ccccc12. The molecule has 0 amide bonds. The number of benzene rings is 1. The van der Waals surface area contributed by atoms with Gasteiger partial charge in [0, 0.05) is 10.9 Å². The van der Waals surface area contributed by atoms with Gasteiger partial charge in [-0.3, -0.25) is 0 Å². The molecule has 21 heavy (non-hydrogen) atoms. The van der Waals surface area contributed by atoms with E-state index in [4.69, 9.17) is 4.52 Å². The highest BCUT2D eigenvalue weighted by Gasteiger charge is 2.16. The van der Waals surface area contributed by atoms with Crippen molar-refractivity contribution in [3.63, 3.8) is 0 Å². The minimum absolute atomic E-state index is 0.128. The number of para-hydroxylation sites is 1. The van der Waals surface area contributed by atoms with Crippen LogP contribution in [0.4, 0.5) is 6.01 Å². The van der Waals surface area contributed by atoms with Crippen LogP contribution >= 0.6 is 0 Å². The fourth-order valence-electron chi connectivity index (χ4n) is 2.16. The summed E-state index contributed by atoms with van der Waals surface area (Å²) in [7, 11) is 0. The van der Waals surface area contributed by atoms with Crippen LogP contribution in [-0.4, -0.2) is 20.7 Å². The van der Waals surface area contributed by atoms with Crippen LogP contribution in [0, 0.1) is 6.92 Å². The van der Waals surface area contributed by atoms with Crippen molar-refractivity contribution in [2.45, 2.75) is 33.2 Å². The summed E-state index contributed by atoms with van der Waals surface area (Å²) in [5, 5.41) is 8.30. The molecule has 0 radical (unpaired) electrons. The van der Waals surface area contributed by atoms with Crippen molar-refractivity contribution in [3.8, 4) is 11.5 Å². The van der Waals surface area contributed by atoms with Gasteiger partial charge in [-0.15, -0.1) is 0 Å². The molecule has 0 aliphatic heterocycles. The van der Waals surface area contributed by atoms with E-state index in [1.807, 2.05) is 45.0 Å². The van der Waals surface area contributed by atoms with E-state index < -0.39 is 0 Å². The van der Waals surface area contributed by atoms with Gasteiger partial charge in [0.15, 0.2) is 0 Å². The van der Waals surface area contributed by atoms with Crippen LogP contribution in [0.2, 0.25) is 0 Å². The van der Waals surface area contributed by atoms with E-state index in [0.717, 1.165) is 22.2 Å². The maximum Gasteiger partial charge on any atom is 0.322 e. The van der Waals surface area contributed by atoms with Crippen LogP contribution in [0.3, 0.4) is 0 Å². The minimum atomic E-state index is -0.128. The minimum Gasteiger partial charge on any atom is -0.333 e. The number of aromatic nitrogens is 3. The van der Waals surface area contributed by atoms with Gasteiger partial charge in [0.2, 0.25) is 5.82 Å². The van der Waals surface area contributed by atoms with E-state index in [1.54, 1.807) is 0 Å². The van der Waals surface area contributed by atoms with Gasteiger partial charge in [-0.25, -0.2) is 4.98 Å². The Morgan fingerprint density at radius 2 is 1.86 bits per heavy atom. The van der Waals surface area contributed by atoms with Gasteiger partial charge >= 0.3 is 6.01 Å². The van der Waals surface area contributed by atoms with Gasteiger partial charge in [0.05, 0.1) is 5.52 Å². The van der Waals surface area contributed by atoms with Gasteiger partial charge < -0.3 is 9.84 Å². The van der Waals surface area contributed by atoms with Gasteiger partial charge in [-0.1, -0.05) is 23.4 Å². The van der Waals surface area contributed by atoms with E-state index in [1.165, 1.54) is 0 Å². The van der Waals surface area contributed by atoms with E-state index in [9.17, 15) is 0 Å². The first-order valence-corrected chi connectivity index (χ1v) is 6.91. The summed E-state index contributed by atoms with van der Waals surface area (Å²) in [6.45, 7) is 8.17. The first-order valence-electron chi connectivity index (χ1n) is 6.91. The molecular formula is C16H18N4O. The fourth-order valence-corrected chi connectivity index (χ4v) is 2.16. The largest absolute Gasteiger partial charge is 0.333 e. The van der Waals surface area contributed by atoms with Crippen molar-refractivity contribution in [1.82, 2.24) is 15.1 Å². The standard InChI is InChI=1S/C16H18N4O/c1-10-9-13(17-12-8-6-5-7-11(10)12)14-18-15(21-20-14)19-16(2,3)4/h5-9H,1-4H3,(H,18,19,20). The monoisotopic (exact) mass is 282 g/mol. The van der Waals surface area contributed by atoms with Crippen molar-refractivity contribution < 1.29 is 4.52 Å². The third-order valence-corrected chi connectivity index (χ3v) is 3.06.